The number of fused-ring (bicyclic) bond motifs is 9. The van der Waals surface area contributed by atoms with Gasteiger partial charge in [-0.1, -0.05) is 82.7 Å². The number of hydrogen-bond donors (Lipinski definition) is 1. The summed E-state index contributed by atoms with van der Waals surface area (Å²) in [5, 5.41) is 3.66. The Morgan fingerprint density at radius 1 is 0.556 bits per heavy atom. The highest BCUT2D eigenvalue weighted by Gasteiger charge is 2.49. The van der Waals surface area contributed by atoms with E-state index in [2.05, 4.69) is 112 Å². The highest BCUT2D eigenvalue weighted by molar-refractivity contribution is 9.10. The lowest BCUT2D eigenvalue weighted by Crippen LogP contribution is -2.33. The molecule has 0 fully saturated rings. The van der Waals surface area contributed by atoms with Gasteiger partial charge in [-0.05, 0) is 57.6 Å². The summed E-state index contributed by atoms with van der Waals surface area (Å²) in [5.41, 5.74) is 10.0. The number of benzene rings is 4. The van der Waals surface area contributed by atoms with Crippen molar-refractivity contribution in [1.82, 2.24) is 0 Å². The molecule has 1 nitrogen and oxygen atoms in total. The number of rotatable bonds is 0. The molecule has 1 aliphatic heterocycles. The van der Waals surface area contributed by atoms with Crippen molar-refractivity contribution < 1.29 is 0 Å². The van der Waals surface area contributed by atoms with E-state index in [0.717, 1.165) is 4.47 Å². The van der Waals surface area contributed by atoms with Crippen LogP contribution in [0.25, 0.3) is 11.1 Å². The lowest BCUT2D eigenvalue weighted by Gasteiger charge is -2.40. The zero-order chi connectivity index (χ0) is 18.0. The molecular weight excluding hydrogens is 394 g/mol. The van der Waals surface area contributed by atoms with Crippen LogP contribution in [0.3, 0.4) is 0 Å². The topological polar surface area (TPSA) is 12.0 Å². The summed E-state index contributed by atoms with van der Waals surface area (Å²) in [4.78, 5) is 0. The van der Waals surface area contributed by atoms with E-state index in [0.29, 0.717) is 0 Å². The molecule has 0 aromatic heterocycles. The molecule has 27 heavy (non-hydrogen) atoms. The maximum absolute atomic E-state index is 3.71. The van der Waals surface area contributed by atoms with Crippen LogP contribution >= 0.6 is 15.9 Å². The molecule has 1 spiro atoms. The molecule has 6 rings (SSSR count). The van der Waals surface area contributed by atoms with E-state index in [1.807, 2.05) is 0 Å². The maximum atomic E-state index is 3.71. The Hall–Kier alpha value is -2.84. The van der Waals surface area contributed by atoms with Crippen molar-refractivity contribution in [2.75, 3.05) is 5.32 Å². The van der Waals surface area contributed by atoms with E-state index in [9.17, 15) is 0 Å². The van der Waals surface area contributed by atoms with Gasteiger partial charge >= 0.3 is 0 Å². The third kappa shape index (κ3) is 1.84. The van der Waals surface area contributed by atoms with E-state index < -0.39 is 0 Å². The fourth-order valence-electron chi connectivity index (χ4n) is 4.96. The van der Waals surface area contributed by atoms with Crippen LogP contribution in [0.2, 0.25) is 0 Å². The van der Waals surface area contributed by atoms with Gasteiger partial charge in [0.15, 0.2) is 0 Å². The zero-order valence-corrected chi connectivity index (χ0v) is 16.1. The lowest BCUT2D eigenvalue weighted by molar-refractivity contribution is 0.762. The summed E-state index contributed by atoms with van der Waals surface area (Å²) >= 11 is 3.71. The minimum atomic E-state index is -0.297. The van der Waals surface area contributed by atoms with Crippen LogP contribution in [0, 0.1) is 0 Å². The van der Waals surface area contributed by atoms with Gasteiger partial charge < -0.3 is 5.32 Å². The van der Waals surface area contributed by atoms with Gasteiger partial charge in [-0.25, -0.2) is 0 Å². The number of halogens is 1. The highest BCUT2D eigenvalue weighted by Crippen LogP contribution is 2.60. The first-order chi connectivity index (χ1) is 13.3. The zero-order valence-electron chi connectivity index (χ0n) is 14.5. The molecule has 2 heteroatoms. The SMILES string of the molecule is Brc1ccc2c(c1)C1(c3ccccc3N2)c2ccccc2-c2ccccc21. The Labute approximate surface area is 166 Å². The van der Waals surface area contributed by atoms with Gasteiger partial charge in [0.05, 0.1) is 5.41 Å². The third-order valence-electron chi connectivity index (χ3n) is 5.94. The van der Waals surface area contributed by atoms with Gasteiger partial charge in [-0.2, -0.15) is 0 Å². The van der Waals surface area contributed by atoms with Crippen LogP contribution < -0.4 is 5.32 Å². The van der Waals surface area contributed by atoms with Crippen molar-refractivity contribution in [2.45, 2.75) is 5.41 Å². The summed E-state index contributed by atoms with van der Waals surface area (Å²) in [6.07, 6.45) is 0. The van der Waals surface area contributed by atoms with Crippen LogP contribution in [-0.2, 0) is 5.41 Å². The molecule has 0 radical (unpaired) electrons. The van der Waals surface area contributed by atoms with E-state index in [1.54, 1.807) is 0 Å². The molecule has 1 N–H and O–H groups in total. The van der Waals surface area contributed by atoms with Crippen LogP contribution in [0.4, 0.5) is 11.4 Å². The van der Waals surface area contributed by atoms with Gasteiger partial charge in [0, 0.05) is 15.8 Å². The van der Waals surface area contributed by atoms with Crippen LogP contribution in [-0.4, -0.2) is 0 Å². The number of nitrogens with one attached hydrogen (secondary N) is 1. The minimum Gasteiger partial charge on any atom is -0.355 e. The van der Waals surface area contributed by atoms with Crippen LogP contribution in [0.15, 0.2) is 95.5 Å². The van der Waals surface area contributed by atoms with Crippen molar-refractivity contribution in [1.29, 1.82) is 0 Å². The van der Waals surface area contributed by atoms with Gasteiger partial charge in [-0.3, -0.25) is 0 Å². The van der Waals surface area contributed by atoms with E-state index in [-0.39, 0.29) is 5.41 Å². The Kier molecular flexibility index (Phi) is 3.01. The summed E-state index contributed by atoms with van der Waals surface area (Å²) in [7, 11) is 0. The lowest BCUT2D eigenvalue weighted by atomic mass is 9.65. The van der Waals surface area contributed by atoms with Gasteiger partial charge in [0.1, 0.15) is 0 Å². The average Bonchev–Trinajstić information content (AvgIpc) is 3.01. The molecule has 4 aromatic carbocycles. The van der Waals surface area contributed by atoms with Gasteiger partial charge in [-0.15, -0.1) is 0 Å². The first kappa shape index (κ1) is 15.2. The normalized spacial score (nSPS) is 14.7. The molecule has 0 bridgehead atoms. The van der Waals surface area contributed by atoms with E-state index in [4.69, 9.17) is 0 Å². The van der Waals surface area contributed by atoms with Gasteiger partial charge in [0.2, 0.25) is 0 Å². The second-order valence-corrected chi connectivity index (χ2v) is 8.12. The molecule has 4 aromatic rings. The van der Waals surface area contributed by atoms with Crippen LogP contribution in [0.1, 0.15) is 22.3 Å². The largest absolute Gasteiger partial charge is 0.355 e. The Morgan fingerprint density at radius 2 is 1.11 bits per heavy atom. The highest BCUT2D eigenvalue weighted by atomic mass is 79.9. The Balaban J connectivity index is 1.86. The fraction of sp³-hybridized carbons (Fsp3) is 0.0400. The number of anilines is 2. The molecule has 1 aliphatic carbocycles. The van der Waals surface area contributed by atoms with Crippen molar-refractivity contribution in [3.05, 3.63) is 118 Å². The quantitative estimate of drug-likeness (QED) is 0.288. The number of para-hydroxylation sites is 1. The second kappa shape index (κ2) is 5.34. The van der Waals surface area contributed by atoms with Crippen molar-refractivity contribution in [3.8, 4) is 11.1 Å². The van der Waals surface area contributed by atoms with Crippen molar-refractivity contribution >= 4 is 27.3 Å². The van der Waals surface area contributed by atoms with Crippen molar-refractivity contribution in [3.63, 3.8) is 0 Å². The summed E-state index contributed by atoms with van der Waals surface area (Å²) < 4.78 is 1.10. The van der Waals surface area contributed by atoms with E-state index >= 15 is 0 Å². The first-order valence-electron chi connectivity index (χ1n) is 9.16. The Bertz CT molecular complexity index is 1180. The Morgan fingerprint density at radius 3 is 1.81 bits per heavy atom. The molecular formula is C25H16BrN. The molecule has 0 saturated heterocycles. The minimum absolute atomic E-state index is 0.297. The summed E-state index contributed by atoms with van der Waals surface area (Å²) in [6, 6.07) is 33.0. The average molecular weight is 410 g/mol. The van der Waals surface area contributed by atoms with Crippen LogP contribution in [0.5, 0.6) is 0 Å². The first-order valence-corrected chi connectivity index (χ1v) is 9.95. The molecule has 0 saturated carbocycles. The molecule has 0 amide bonds. The monoisotopic (exact) mass is 409 g/mol. The third-order valence-corrected chi connectivity index (χ3v) is 6.43. The van der Waals surface area contributed by atoms with Gasteiger partial charge in [0.25, 0.3) is 0 Å². The standard InChI is InChI=1S/C25H16BrN/c26-16-13-14-24-22(15-16)25(21-11-5-6-12-23(21)27-24)19-9-3-1-7-17(19)18-8-2-4-10-20(18)25/h1-15,27H. The summed E-state index contributed by atoms with van der Waals surface area (Å²) in [5.74, 6) is 0. The van der Waals surface area contributed by atoms with E-state index in [1.165, 1.54) is 44.8 Å². The van der Waals surface area contributed by atoms with Crippen molar-refractivity contribution in [2.24, 2.45) is 0 Å². The predicted octanol–water partition coefficient (Wildman–Crippen LogP) is 6.87. The molecule has 2 aliphatic rings. The molecule has 0 unspecified atom stereocenters. The number of hydrogen-bond acceptors (Lipinski definition) is 1. The molecule has 128 valence electrons. The molecule has 1 heterocycles. The predicted molar refractivity (Wildman–Crippen MR) is 115 cm³/mol. The molecule has 0 atom stereocenters. The fourth-order valence-corrected chi connectivity index (χ4v) is 5.32. The second-order valence-electron chi connectivity index (χ2n) is 7.20. The maximum Gasteiger partial charge on any atom is 0.0754 e. The summed E-state index contributed by atoms with van der Waals surface area (Å²) in [6.45, 7) is 0. The smallest absolute Gasteiger partial charge is 0.0754 e.